The third-order valence-electron chi connectivity index (χ3n) is 6.65. The summed E-state index contributed by atoms with van der Waals surface area (Å²) in [5.74, 6) is 0.642. The predicted octanol–water partition coefficient (Wildman–Crippen LogP) is 3.34. The minimum Gasteiger partial charge on any atom is -0.373 e. The van der Waals surface area contributed by atoms with E-state index in [2.05, 4.69) is 9.88 Å². The zero-order valence-corrected chi connectivity index (χ0v) is 16.5. The lowest BCUT2D eigenvalue weighted by molar-refractivity contribution is -0.0451. The minimum atomic E-state index is -0.144. The first-order valence-corrected chi connectivity index (χ1v) is 10.7. The summed E-state index contributed by atoms with van der Waals surface area (Å²) in [5, 5.41) is 1.07. The molecule has 28 heavy (non-hydrogen) atoms. The molecule has 5 heteroatoms. The van der Waals surface area contributed by atoms with E-state index in [1.807, 2.05) is 41.3 Å². The molecule has 0 saturated carbocycles. The lowest BCUT2D eigenvalue weighted by atomic mass is 9.86. The molecule has 148 valence electrons. The number of hydrogen-bond donors (Lipinski definition) is 0. The number of carbonyl (C=O) groups excluding carboxylic acids is 1. The summed E-state index contributed by atoms with van der Waals surface area (Å²) in [6.45, 7) is 5.98. The Morgan fingerprint density at radius 1 is 1.11 bits per heavy atom. The molecule has 1 aromatic carbocycles. The number of rotatable bonds is 3. The smallest absolute Gasteiger partial charge is 0.272 e. The molecule has 3 aliphatic heterocycles. The largest absolute Gasteiger partial charge is 0.373 e. The Bertz CT molecular complexity index is 864. The van der Waals surface area contributed by atoms with E-state index in [9.17, 15) is 4.79 Å². The van der Waals surface area contributed by atoms with Gasteiger partial charge in [-0.15, -0.1) is 0 Å². The minimum absolute atomic E-state index is 0.0384. The Morgan fingerprint density at radius 2 is 1.96 bits per heavy atom. The van der Waals surface area contributed by atoms with E-state index in [0.717, 1.165) is 49.9 Å². The second-order valence-corrected chi connectivity index (χ2v) is 8.79. The molecule has 2 aromatic rings. The van der Waals surface area contributed by atoms with Gasteiger partial charge in [-0.1, -0.05) is 24.3 Å². The highest BCUT2D eigenvalue weighted by Crippen LogP contribution is 2.38. The zero-order chi connectivity index (χ0) is 19.0. The van der Waals surface area contributed by atoms with Crippen molar-refractivity contribution in [1.29, 1.82) is 0 Å². The summed E-state index contributed by atoms with van der Waals surface area (Å²) in [6.07, 6.45) is 5.83. The first-order valence-electron chi connectivity index (χ1n) is 10.7. The molecule has 0 radical (unpaired) electrons. The second-order valence-electron chi connectivity index (χ2n) is 8.79. The van der Waals surface area contributed by atoms with Crippen LogP contribution in [0.2, 0.25) is 0 Å². The fraction of sp³-hybridized carbons (Fsp3) is 0.565. The quantitative estimate of drug-likeness (QED) is 0.821. The normalized spacial score (nSPS) is 28.4. The summed E-state index contributed by atoms with van der Waals surface area (Å²) in [7, 11) is 0. The van der Waals surface area contributed by atoms with Gasteiger partial charge in [0.2, 0.25) is 0 Å². The van der Waals surface area contributed by atoms with E-state index in [-0.39, 0.29) is 11.5 Å². The summed E-state index contributed by atoms with van der Waals surface area (Å²) >= 11 is 0. The van der Waals surface area contributed by atoms with Gasteiger partial charge in [0.1, 0.15) is 5.69 Å². The van der Waals surface area contributed by atoms with Crippen LogP contribution in [0.3, 0.4) is 0 Å². The average molecular weight is 380 g/mol. The van der Waals surface area contributed by atoms with Crippen LogP contribution in [-0.2, 0) is 4.74 Å². The maximum absolute atomic E-state index is 13.1. The molecule has 1 spiro atoms. The molecule has 3 saturated heterocycles. The summed E-state index contributed by atoms with van der Waals surface area (Å²) in [6, 6.07) is 11.8. The number of benzene rings is 1. The van der Waals surface area contributed by atoms with Crippen molar-refractivity contribution >= 4 is 16.8 Å². The fourth-order valence-electron chi connectivity index (χ4n) is 5.29. The van der Waals surface area contributed by atoms with Gasteiger partial charge in [-0.2, -0.15) is 0 Å². The molecule has 0 bridgehead atoms. The van der Waals surface area contributed by atoms with Gasteiger partial charge < -0.3 is 14.5 Å². The second kappa shape index (κ2) is 7.45. The van der Waals surface area contributed by atoms with Crippen LogP contribution in [-0.4, -0.2) is 65.6 Å². The van der Waals surface area contributed by atoms with E-state index >= 15 is 0 Å². The monoisotopic (exact) mass is 379 g/mol. The molecular formula is C23H29N3O2. The molecule has 3 fully saturated rings. The Kier molecular flexibility index (Phi) is 4.81. The van der Waals surface area contributed by atoms with Gasteiger partial charge in [0, 0.05) is 18.5 Å². The Labute approximate surface area is 166 Å². The molecule has 5 nitrogen and oxygen atoms in total. The van der Waals surface area contributed by atoms with Crippen LogP contribution in [0.4, 0.5) is 0 Å². The number of amides is 1. The molecule has 1 aromatic heterocycles. The van der Waals surface area contributed by atoms with Crippen LogP contribution in [0.25, 0.3) is 10.9 Å². The number of pyridine rings is 1. The van der Waals surface area contributed by atoms with E-state index < -0.39 is 0 Å². The average Bonchev–Trinajstić information content (AvgIpc) is 3.38. The van der Waals surface area contributed by atoms with Crippen molar-refractivity contribution < 1.29 is 9.53 Å². The molecule has 3 aliphatic rings. The van der Waals surface area contributed by atoms with Crippen LogP contribution in [0, 0.1) is 5.92 Å². The summed E-state index contributed by atoms with van der Waals surface area (Å²) < 4.78 is 6.35. The maximum atomic E-state index is 13.1. The van der Waals surface area contributed by atoms with Crippen molar-refractivity contribution in [2.75, 3.05) is 39.3 Å². The molecule has 5 rings (SSSR count). The van der Waals surface area contributed by atoms with Crippen molar-refractivity contribution in [3.05, 3.63) is 42.1 Å². The summed E-state index contributed by atoms with van der Waals surface area (Å²) in [4.78, 5) is 22.3. The third kappa shape index (κ3) is 3.53. The number of likely N-dealkylation sites (tertiary alicyclic amines) is 2. The van der Waals surface area contributed by atoms with Crippen LogP contribution in [0.15, 0.2) is 36.4 Å². The fourth-order valence-corrected chi connectivity index (χ4v) is 5.29. The highest BCUT2D eigenvalue weighted by molar-refractivity contribution is 5.95. The zero-order valence-electron chi connectivity index (χ0n) is 16.5. The van der Waals surface area contributed by atoms with Crippen molar-refractivity contribution in [3.8, 4) is 0 Å². The number of fused-ring (bicyclic) bond motifs is 1. The molecule has 0 aliphatic carbocycles. The van der Waals surface area contributed by atoms with Gasteiger partial charge in [-0.3, -0.25) is 4.79 Å². The van der Waals surface area contributed by atoms with Gasteiger partial charge in [0.25, 0.3) is 5.91 Å². The van der Waals surface area contributed by atoms with Gasteiger partial charge in [0.15, 0.2) is 0 Å². The Morgan fingerprint density at radius 3 is 2.86 bits per heavy atom. The number of para-hydroxylation sites is 1. The molecule has 2 atom stereocenters. The van der Waals surface area contributed by atoms with E-state index in [1.165, 1.54) is 25.9 Å². The standard InChI is InChI=1S/C23H29N3O2/c27-22(21-9-8-19-6-1-2-7-20(19)24-21)26-13-5-10-23(17-26)14-18(16-28-23)15-25-11-3-4-12-25/h1-2,6-9,18H,3-5,10-17H2/t18-,23-/m1/s1. The van der Waals surface area contributed by atoms with Crippen LogP contribution in [0.5, 0.6) is 0 Å². The third-order valence-corrected chi connectivity index (χ3v) is 6.65. The first kappa shape index (κ1) is 18.1. The van der Waals surface area contributed by atoms with E-state index in [4.69, 9.17) is 4.74 Å². The molecule has 4 heterocycles. The molecule has 1 amide bonds. The van der Waals surface area contributed by atoms with Gasteiger partial charge >= 0.3 is 0 Å². The van der Waals surface area contributed by atoms with E-state index in [0.29, 0.717) is 18.2 Å². The molecule has 0 unspecified atom stereocenters. The van der Waals surface area contributed by atoms with Crippen molar-refractivity contribution in [2.24, 2.45) is 5.92 Å². The van der Waals surface area contributed by atoms with E-state index in [1.54, 1.807) is 0 Å². The number of ether oxygens (including phenoxy) is 1. The molecule has 0 N–H and O–H groups in total. The van der Waals surface area contributed by atoms with Crippen LogP contribution in [0.1, 0.15) is 42.6 Å². The van der Waals surface area contributed by atoms with Gasteiger partial charge in [0.05, 0.1) is 24.3 Å². The van der Waals surface area contributed by atoms with Crippen molar-refractivity contribution in [2.45, 2.75) is 37.7 Å². The lowest BCUT2D eigenvalue weighted by Crippen LogP contribution is -2.50. The van der Waals surface area contributed by atoms with Gasteiger partial charge in [-0.05, 0) is 63.2 Å². The Balaban J connectivity index is 1.27. The number of hydrogen-bond acceptors (Lipinski definition) is 4. The highest BCUT2D eigenvalue weighted by Gasteiger charge is 2.45. The predicted molar refractivity (Wildman–Crippen MR) is 109 cm³/mol. The van der Waals surface area contributed by atoms with Crippen LogP contribution >= 0.6 is 0 Å². The SMILES string of the molecule is O=C(c1ccc2ccccc2n1)N1CCC[C@@]2(C[C@H](CN3CCCC3)CO2)C1. The first-order chi connectivity index (χ1) is 13.7. The lowest BCUT2D eigenvalue weighted by Gasteiger charge is -2.39. The van der Waals surface area contributed by atoms with Crippen molar-refractivity contribution in [3.63, 3.8) is 0 Å². The van der Waals surface area contributed by atoms with Gasteiger partial charge in [-0.25, -0.2) is 4.98 Å². The highest BCUT2D eigenvalue weighted by atomic mass is 16.5. The number of nitrogens with zero attached hydrogens (tertiary/aromatic N) is 3. The van der Waals surface area contributed by atoms with Crippen LogP contribution < -0.4 is 0 Å². The maximum Gasteiger partial charge on any atom is 0.272 e. The molecular weight excluding hydrogens is 350 g/mol. The Hall–Kier alpha value is -1.98. The summed E-state index contributed by atoms with van der Waals surface area (Å²) in [5.41, 5.74) is 1.28. The topological polar surface area (TPSA) is 45.7 Å². The number of piperidine rings is 1. The van der Waals surface area contributed by atoms with Crippen molar-refractivity contribution in [1.82, 2.24) is 14.8 Å². The number of aromatic nitrogens is 1. The number of carbonyl (C=O) groups is 1.